The number of nitrogens with zero attached hydrogens (tertiary/aromatic N) is 2. The van der Waals surface area contributed by atoms with Gasteiger partial charge >= 0.3 is 0 Å². The van der Waals surface area contributed by atoms with E-state index in [-0.39, 0.29) is 17.8 Å². The average molecular weight is 242 g/mol. The van der Waals surface area contributed by atoms with Crippen molar-refractivity contribution in [2.75, 3.05) is 6.61 Å². The molecule has 0 spiro atoms. The highest BCUT2D eigenvalue weighted by atomic mass is 16.5. The molecule has 92 valence electrons. The zero-order valence-corrected chi connectivity index (χ0v) is 9.91. The lowest BCUT2D eigenvalue weighted by Crippen LogP contribution is -2.24. The average Bonchev–Trinajstić information content (AvgIpc) is 2.91. The van der Waals surface area contributed by atoms with Crippen LogP contribution < -0.4 is 0 Å². The zero-order chi connectivity index (χ0) is 13.0. The number of phenolic OH excluding ortho intramolecular Hbond substituents is 1. The molecular weight excluding hydrogens is 228 g/mol. The minimum Gasteiger partial charge on any atom is -0.508 e. The molecule has 0 bridgehead atoms. The largest absolute Gasteiger partial charge is 0.508 e. The Morgan fingerprint density at radius 3 is 2.39 bits per heavy atom. The van der Waals surface area contributed by atoms with Crippen LogP contribution in [0, 0.1) is 28.6 Å². The minimum atomic E-state index is -0.724. The molecule has 0 saturated carbocycles. The molecule has 4 heteroatoms. The molecule has 2 atom stereocenters. The number of nitriles is 2. The highest BCUT2D eigenvalue weighted by molar-refractivity contribution is 5.32. The quantitative estimate of drug-likeness (QED) is 0.882. The van der Waals surface area contributed by atoms with E-state index < -0.39 is 5.92 Å². The van der Waals surface area contributed by atoms with Gasteiger partial charge in [-0.1, -0.05) is 12.1 Å². The number of rotatable bonds is 3. The Morgan fingerprint density at radius 1 is 1.22 bits per heavy atom. The van der Waals surface area contributed by atoms with E-state index in [1.807, 2.05) is 12.1 Å². The van der Waals surface area contributed by atoms with Gasteiger partial charge in [0.1, 0.15) is 11.7 Å². The number of hydrogen-bond donors (Lipinski definition) is 1. The zero-order valence-electron chi connectivity index (χ0n) is 9.91. The van der Waals surface area contributed by atoms with Gasteiger partial charge in [0.25, 0.3) is 0 Å². The third-order valence-electron chi connectivity index (χ3n) is 3.28. The van der Waals surface area contributed by atoms with Gasteiger partial charge in [-0.3, -0.25) is 0 Å². The number of ether oxygens (including phenoxy) is 1. The Bertz CT molecular complexity index is 464. The van der Waals surface area contributed by atoms with Gasteiger partial charge in [0.05, 0.1) is 18.2 Å². The monoisotopic (exact) mass is 242 g/mol. The van der Waals surface area contributed by atoms with Gasteiger partial charge < -0.3 is 9.84 Å². The summed E-state index contributed by atoms with van der Waals surface area (Å²) in [6.45, 7) is 0.683. The van der Waals surface area contributed by atoms with Crippen LogP contribution in [-0.2, 0) is 4.74 Å². The number of hydrogen-bond acceptors (Lipinski definition) is 4. The van der Waals surface area contributed by atoms with Crippen LogP contribution in [0.15, 0.2) is 24.3 Å². The lowest BCUT2D eigenvalue weighted by molar-refractivity contribution is 0.0828. The lowest BCUT2D eigenvalue weighted by atomic mass is 9.82. The molecule has 1 N–H and O–H groups in total. The van der Waals surface area contributed by atoms with Crippen molar-refractivity contribution in [1.29, 1.82) is 10.5 Å². The van der Waals surface area contributed by atoms with Crippen molar-refractivity contribution in [2.24, 2.45) is 5.92 Å². The molecule has 1 heterocycles. The second-order valence-corrected chi connectivity index (χ2v) is 4.40. The summed E-state index contributed by atoms with van der Waals surface area (Å²) >= 11 is 0. The number of benzene rings is 1. The van der Waals surface area contributed by atoms with Crippen LogP contribution in [0.3, 0.4) is 0 Å². The summed E-state index contributed by atoms with van der Waals surface area (Å²) in [6, 6.07) is 10.7. The molecule has 1 saturated heterocycles. The molecule has 0 aromatic heterocycles. The highest BCUT2D eigenvalue weighted by Gasteiger charge is 2.34. The Kier molecular flexibility index (Phi) is 3.82. The van der Waals surface area contributed by atoms with Gasteiger partial charge in [0, 0.05) is 12.5 Å². The molecule has 1 aromatic rings. The normalized spacial score (nSPS) is 20.3. The van der Waals surface area contributed by atoms with Crippen LogP contribution >= 0.6 is 0 Å². The first-order chi connectivity index (χ1) is 8.76. The predicted octanol–water partition coefficient (Wildman–Crippen LogP) is 2.32. The summed E-state index contributed by atoms with van der Waals surface area (Å²) in [7, 11) is 0. The smallest absolute Gasteiger partial charge is 0.142 e. The standard InChI is InChI=1S/C14H14N2O2/c15-8-11(9-16)14(13-2-1-7-18-13)10-3-5-12(17)6-4-10/h3-6,11,13-14,17H,1-2,7H2. The summed E-state index contributed by atoms with van der Waals surface area (Å²) in [5.41, 5.74) is 0.868. The summed E-state index contributed by atoms with van der Waals surface area (Å²) in [5, 5.41) is 27.5. The summed E-state index contributed by atoms with van der Waals surface area (Å²) in [6.07, 6.45) is 1.74. The van der Waals surface area contributed by atoms with Gasteiger partial charge in [-0.2, -0.15) is 10.5 Å². The van der Waals surface area contributed by atoms with Crippen LogP contribution in [0.4, 0.5) is 0 Å². The van der Waals surface area contributed by atoms with Gasteiger partial charge in [-0.05, 0) is 30.5 Å². The van der Waals surface area contributed by atoms with E-state index in [4.69, 9.17) is 15.3 Å². The summed E-state index contributed by atoms with van der Waals surface area (Å²) in [4.78, 5) is 0. The van der Waals surface area contributed by atoms with Crippen molar-refractivity contribution in [3.63, 3.8) is 0 Å². The molecule has 1 fully saturated rings. The van der Waals surface area contributed by atoms with Crippen LogP contribution in [0.25, 0.3) is 0 Å². The summed E-state index contributed by atoms with van der Waals surface area (Å²) in [5.74, 6) is -0.795. The summed E-state index contributed by atoms with van der Waals surface area (Å²) < 4.78 is 5.62. The number of aromatic hydroxyl groups is 1. The van der Waals surface area contributed by atoms with E-state index in [1.54, 1.807) is 24.3 Å². The predicted molar refractivity (Wildman–Crippen MR) is 64.5 cm³/mol. The van der Waals surface area contributed by atoms with E-state index in [9.17, 15) is 5.11 Å². The maximum atomic E-state index is 9.30. The van der Waals surface area contributed by atoms with Crippen molar-refractivity contribution in [2.45, 2.75) is 24.9 Å². The molecule has 4 nitrogen and oxygen atoms in total. The second kappa shape index (κ2) is 5.53. The van der Waals surface area contributed by atoms with Crippen LogP contribution in [-0.4, -0.2) is 17.8 Å². The molecular formula is C14H14N2O2. The Hall–Kier alpha value is -2.04. The van der Waals surface area contributed by atoms with Gasteiger partial charge in [0.2, 0.25) is 0 Å². The van der Waals surface area contributed by atoms with Gasteiger partial charge in [-0.15, -0.1) is 0 Å². The molecule has 0 amide bonds. The second-order valence-electron chi connectivity index (χ2n) is 4.40. The molecule has 0 radical (unpaired) electrons. The van der Waals surface area contributed by atoms with E-state index in [1.165, 1.54) is 0 Å². The Morgan fingerprint density at radius 2 is 1.89 bits per heavy atom. The number of phenols is 1. The first kappa shape index (κ1) is 12.4. The SMILES string of the molecule is N#CC(C#N)C(c1ccc(O)cc1)C1CCCO1. The molecule has 18 heavy (non-hydrogen) atoms. The van der Waals surface area contributed by atoms with E-state index >= 15 is 0 Å². The van der Waals surface area contributed by atoms with Crippen molar-refractivity contribution in [3.8, 4) is 17.9 Å². The first-order valence-corrected chi connectivity index (χ1v) is 5.96. The van der Waals surface area contributed by atoms with Crippen LogP contribution in [0.1, 0.15) is 24.3 Å². The van der Waals surface area contributed by atoms with Crippen LogP contribution in [0.5, 0.6) is 5.75 Å². The molecule has 1 aliphatic rings. The van der Waals surface area contributed by atoms with Crippen molar-refractivity contribution in [3.05, 3.63) is 29.8 Å². The third kappa shape index (κ3) is 2.45. The molecule has 1 aromatic carbocycles. The van der Waals surface area contributed by atoms with Gasteiger partial charge in [-0.25, -0.2) is 0 Å². The molecule has 1 aliphatic heterocycles. The Labute approximate surface area is 106 Å². The maximum absolute atomic E-state index is 9.30. The highest BCUT2D eigenvalue weighted by Crippen LogP contribution is 2.35. The lowest BCUT2D eigenvalue weighted by Gasteiger charge is -2.24. The minimum absolute atomic E-state index is 0.0844. The fraction of sp³-hybridized carbons (Fsp3) is 0.429. The van der Waals surface area contributed by atoms with Crippen molar-refractivity contribution >= 4 is 0 Å². The van der Waals surface area contributed by atoms with E-state index in [2.05, 4.69) is 0 Å². The third-order valence-corrected chi connectivity index (χ3v) is 3.28. The fourth-order valence-electron chi connectivity index (χ4n) is 2.39. The van der Waals surface area contributed by atoms with E-state index in [0.717, 1.165) is 18.4 Å². The van der Waals surface area contributed by atoms with Gasteiger partial charge in [0.15, 0.2) is 0 Å². The Balaban J connectivity index is 2.32. The maximum Gasteiger partial charge on any atom is 0.142 e. The topological polar surface area (TPSA) is 77.0 Å². The fourth-order valence-corrected chi connectivity index (χ4v) is 2.39. The first-order valence-electron chi connectivity index (χ1n) is 5.96. The molecule has 0 aliphatic carbocycles. The molecule has 2 unspecified atom stereocenters. The van der Waals surface area contributed by atoms with Crippen molar-refractivity contribution < 1.29 is 9.84 Å². The van der Waals surface area contributed by atoms with E-state index in [0.29, 0.717) is 6.61 Å². The molecule has 2 rings (SSSR count). The van der Waals surface area contributed by atoms with Crippen LogP contribution in [0.2, 0.25) is 0 Å². The van der Waals surface area contributed by atoms with Crippen molar-refractivity contribution in [1.82, 2.24) is 0 Å².